The quantitative estimate of drug-likeness (QED) is 0.240. The van der Waals surface area contributed by atoms with Gasteiger partial charge in [0.2, 0.25) is 0 Å². The number of hydrogen-bond donors (Lipinski definition) is 2. The second kappa shape index (κ2) is 15.0. The summed E-state index contributed by atoms with van der Waals surface area (Å²) in [5.41, 5.74) is 6.24. The van der Waals surface area contributed by atoms with Crippen LogP contribution in [0.5, 0.6) is 0 Å². The van der Waals surface area contributed by atoms with Crippen molar-refractivity contribution < 1.29 is 24.6 Å². The number of likely N-dealkylation sites (tertiary alicyclic amines) is 1. The summed E-state index contributed by atoms with van der Waals surface area (Å²) < 4.78 is 0. The highest BCUT2D eigenvalue weighted by molar-refractivity contribution is 5.96. The van der Waals surface area contributed by atoms with E-state index in [2.05, 4.69) is 82.6 Å². The number of rotatable bonds is 10. The largest absolute Gasteiger partial charge is 0.478 e. The summed E-state index contributed by atoms with van der Waals surface area (Å²) in [5.74, 6) is -1.53. The van der Waals surface area contributed by atoms with Gasteiger partial charge in [0.05, 0.1) is 0 Å². The van der Waals surface area contributed by atoms with E-state index in [9.17, 15) is 14.4 Å². The molecule has 0 aromatic heterocycles. The number of fused-ring (bicyclic) bond motifs is 1. The van der Waals surface area contributed by atoms with Gasteiger partial charge in [0.25, 0.3) is 0 Å². The van der Waals surface area contributed by atoms with Crippen molar-refractivity contribution in [2.45, 2.75) is 45.2 Å². The van der Waals surface area contributed by atoms with E-state index in [0.717, 1.165) is 51.1 Å². The number of ketones is 1. The molecule has 3 aromatic carbocycles. The zero-order valence-electron chi connectivity index (χ0n) is 23.3. The summed E-state index contributed by atoms with van der Waals surface area (Å²) in [6.07, 6.45) is 6.26. The first-order valence-electron chi connectivity index (χ1n) is 14.2. The van der Waals surface area contributed by atoms with E-state index in [4.69, 9.17) is 10.2 Å². The van der Waals surface area contributed by atoms with Crippen LogP contribution in [0.15, 0.2) is 91.0 Å². The average molecular weight is 555 g/mol. The van der Waals surface area contributed by atoms with Gasteiger partial charge in [-0.15, -0.1) is 0 Å². The van der Waals surface area contributed by atoms with Crippen molar-refractivity contribution in [3.8, 4) is 0 Å². The Morgan fingerprint density at radius 2 is 1.34 bits per heavy atom. The Labute approximate surface area is 241 Å². The van der Waals surface area contributed by atoms with Crippen LogP contribution in [0.3, 0.4) is 0 Å². The molecule has 7 nitrogen and oxygen atoms in total. The molecule has 1 fully saturated rings. The fraction of sp³-hybridized carbons (Fsp3) is 0.324. The van der Waals surface area contributed by atoms with Crippen molar-refractivity contribution in [2.75, 3.05) is 24.5 Å². The molecule has 0 atom stereocenters. The molecule has 2 heterocycles. The topological polar surface area (TPSA) is 98.2 Å². The monoisotopic (exact) mass is 554 g/mol. The van der Waals surface area contributed by atoms with Crippen LogP contribution < -0.4 is 4.90 Å². The van der Waals surface area contributed by atoms with Crippen LogP contribution in [0.4, 0.5) is 5.69 Å². The van der Waals surface area contributed by atoms with Gasteiger partial charge in [-0.3, -0.25) is 9.69 Å². The lowest BCUT2D eigenvalue weighted by Gasteiger charge is -2.32. The van der Waals surface area contributed by atoms with Gasteiger partial charge in [0.1, 0.15) is 0 Å². The van der Waals surface area contributed by atoms with E-state index in [1.807, 2.05) is 6.07 Å². The summed E-state index contributed by atoms with van der Waals surface area (Å²) in [6, 6.07) is 27.7. The fourth-order valence-corrected chi connectivity index (χ4v) is 5.51. The second-order valence-electron chi connectivity index (χ2n) is 10.7. The molecular weight excluding hydrogens is 516 g/mol. The lowest BCUT2D eigenvalue weighted by molar-refractivity contribution is -0.134. The van der Waals surface area contributed by atoms with Crippen LogP contribution >= 0.6 is 0 Å². The van der Waals surface area contributed by atoms with Crippen LogP contribution in [0, 0.1) is 5.92 Å². The number of nitrogens with zero attached hydrogens (tertiary/aromatic N) is 2. The summed E-state index contributed by atoms with van der Waals surface area (Å²) in [6.45, 7) is 5.30. The lowest BCUT2D eigenvalue weighted by Crippen LogP contribution is -2.33. The zero-order valence-corrected chi connectivity index (χ0v) is 23.3. The minimum atomic E-state index is -1.26. The molecule has 3 aromatic rings. The van der Waals surface area contributed by atoms with Gasteiger partial charge < -0.3 is 15.1 Å². The molecule has 2 aliphatic heterocycles. The molecule has 41 heavy (non-hydrogen) atoms. The minimum absolute atomic E-state index is 0.311. The summed E-state index contributed by atoms with van der Waals surface area (Å²) >= 11 is 0. The number of carboxylic acids is 2. The maximum absolute atomic E-state index is 12.9. The van der Waals surface area contributed by atoms with E-state index in [1.54, 1.807) is 0 Å². The second-order valence-corrected chi connectivity index (χ2v) is 10.7. The summed E-state index contributed by atoms with van der Waals surface area (Å²) in [5, 5.41) is 15.6. The molecule has 5 rings (SSSR count). The van der Waals surface area contributed by atoms with Gasteiger partial charge in [0.15, 0.2) is 5.78 Å². The van der Waals surface area contributed by atoms with Crippen molar-refractivity contribution in [3.05, 3.63) is 113 Å². The Hall–Kier alpha value is -4.23. The molecule has 0 radical (unpaired) electrons. The highest BCUT2D eigenvalue weighted by atomic mass is 16.4. The average Bonchev–Trinajstić information content (AvgIpc) is 3.38. The number of hydrogen-bond acceptors (Lipinski definition) is 5. The third-order valence-electron chi connectivity index (χ3n) is 7.71. The van der Waals surface area contributed by atoms with E-state index in [0.29, 0.717) is 30.3 Å². The van der Waals surface area contributed by atoms with E-state index in [1.165, 1.54) is 35.2 Å². The van der Waals surface area contributed by atoms with Gasteiger partial charge in [-0.25, -0.2) is 9.59 Å². The van der Waals surface area contributed by atoms with E-state index in [-0.39, 0.29) is 0 Å². The number of Topliss-reactive ketones (excluding diaryl/α,β-unsaturated/α-hetero) is 1. The van der Waals surface area contributed by atoms with Gasteiger partial charge in [-0.05, 0) is 79.6 Å². The molecule has 0 saturated carbocycles. The Bertz CT molecular complexity index is 1320. The fourth-order valence-electron chi connectivity index (χ4n) is 5.51. The molecule has 0 amide bonds. The number of aliphatic carboxylic acids is 2. The van der Waals surface area contributed by atoms with Crippen LogP contribution in [0.2, 0.25) is 0 Å². The molecule has 1 saturated heterocycles. The molecule has 7 heteroatoms. The Morgan fingerprint density at radius 1 is 0.756 bits per heavy atom. The first-order valence-corrected chi connectivity index (χ1v) is 14.2. The van der Waals surface area contributed by atoms with Crippen LogP contribution in [0.1, 0.15) is 52.7 Å². The van der Waals surface area contributed by atoms with Crippen molar-refractivity contribution in [1.29, 1.82) is 0 Å². The van der Waals surface area contributed by atoms with Crippen LogP contribution in [-0.4, -0.2) is 52.5 Å². The highest BCUT2D eigenvalue weighted by Crippen LogP contribution is 2.31. The maximum Gasteiger partial charge on any atom is 0.328 e. The van der Waals surface area contributed by atoms with Gasteiger partial charge in [-0.1, -0.05) is 60.7 Å². The Balaban J connectivity index is 0.000000426. The first-order chi connectivity index (χ1) is 19.9. The Morgan fingerprint density at radius 3 is 1.93 bits per heavy atom. The summed E-state index contributed by atoms with van der Waals surface area (Å²) in [4.78, 5) is 37.0. The SMILES string of the molecule is O=C(CCC1CCN(Cc2ccccc2)CC1)c1ccc2c(c1)CCN2Cc1ccccc1.O=C(O)/C=C/C(=O)O. The standard InChI is InChI=1S/C30H34N2O.C4H4O4/c33-30(14-11-24-15-18-31(19-16-24)22-25-7-3-1-4-8-25)28-12-13-29-27(21-28)17-20-32(29)23-26-9-5-2-6-10-26;5-3(6)1-2-4(7)8/h1-10,12-13,21,24H,11,14-20,22-23H2;1-2H,(H,5,6)(H,7,8)/b;2-1+. The number of benzene rings is 3. The third kappa shape index (κ3) is 9.43. The van der Waals surface area contributed by atoms with Crippen LogP contribution in [-0.2, 0) is 29.1 Å². The molecule has 0 aliphatic carbocycles. The zero-order chi connectivity index (χ0) is 29.0. The molecule has 2 aliphatic rings. The molecule has 214 valence electrons. The van der Waals surface area contributed by atoms with Crippen molar-refractivity contribution in [3.63, 3.8) is 0 Å². The maximum atomic E-state index is 12.9. The number of carboxylic acid groups (broad SMARTS) is 2. The highest BCUT2D eigenvalue weighted by Gasteiger charge is 2.23. The number of carbonyl (C=O) groups is 3. The number of anilines is 1. The molecule has 0 unspecified atom stereocenters. The molecule has 2 N–H and O–H groups in total. The third-order valence-corrected chi connectivity index (χ3v) is 7.71. The first kappa shape index (κ1) is 29.7. The normalized spacial score (nSPS) is 15.3. The minimum Gasteiger partial charge on any atom is -0.478 e. The van der Waals surface area contributed by atoms with Crippen molar-refractivity contribution >= 4 is 23.4 Å². The summed E-state index contributed by atoms with van der Waals surface area (Å²) in [7, 11) is 0. The molecule has 0 spiro atoms. The predicted octanol–water partition coefficient (Wildman–Crippen LogP) is 5.84. The molecular formula is C34H38N2O5. The number of piperidine rings is 1. The van der Waals surface area contributed by atoms with Crippen molar-refractivity contribution in [1.82, 2.24) is 4.90 Å². The predicted molar refractivity (Wildman–Crippen MR) is 160 cm³/mol. The van der Waals surface area contributed by atoms with Gasteiger partial charge in [-0.2, -0.15) is 0 Å². The molecule has 0 bridgehead atoms. The van der Waals surface area contributed by atoms with E-state index < -0.39 is 11.9 Å². The van der Waals surface area contributed by atoms with Gasteiger partial charge >= 0.3 is 11.9 Å². The lowest BCUT2D eigenvalue weighted by atomic mass is 9.90. The smallest absolute Gasteiger partial charge is 0.328 e. The van der Waals surface area contributed by atoms with Gasteiger partial charge in [0, 0.05) is 49.5 Å². The number of carbonyl (C=O) groups excluding carboxylic acids is 1. The van der Waals surface area contributed by atoms with Crippen LogP contribution in [0.25, 0.3) is 0 Å². The Kier molecular flexibility index (Phi) is 10.9. The van der Waals surface area contributed by atoms with E-state index >= 15 is 0 Å². The van der Waals surface area contributed by atoms with Crippen molar-refractivity contribution in [2.24, 2.45) is 5.92 Å².